The van der Waals surface area contributed by atoms with Gasteiger partial charge < -0.3 is 15.8 Å². The maximum atomic E-state index is 12.0. The van der Waals surface area contributed by atoms with Crippen molar-refractivity contribution >= 4 is 12.2 Å². The smallest absolute Gasteiger partial charge is 0.225 e. The van der Waals surface area contributed by atoms with E-state index >= 15 is 0 Å². The first-order valence-corrected chi connectivity index (χ1v) is 6.55. The highest BCUT2D eigenvalue weighted by molar-refractivity contribution is 5.82. The summed E-state index contributed by atoms with van der Waals surface area (Å²) in [5, 5.41) is 2.81. The summed E-state index contributed by atoms with van der Waals surface area (Å²) in [4.78, 5) is 22.9. The molecule has 1 aliphatic rings. The van der Waals surface area contributed by atoms with Crippen molar-refractivity contribution < 1.29 is 9.59 Å². The number of hydrogen-bond acceptors (Lipinski definition) is 3. The first-order valence-electron chi connectivity index (χ1n) is 6.55. The van der Waals surface area contributed by atoms with Crippen LogP contribution in [0, 0.1) is 11.8 Å². The Labute approximate surface area is 103 Å². The van der Waals surface area contributed by atoms with Gasteiger partial charge in [0, 0.05) is 6.04 Å². The quantitative estimate of drug-likeness (QED) is 0.710. The summed E-state index contributed by atoms with van der Waals surface area (Å²) < 4.78 is 0. The molecular weight excluding hydrogens is 216 g/mol. The van der Waals surface area contributed by atoms with Gasteiger partial charge in [0.2, 0.25) is 5.91 Å². The summed E-state index contributed by atoms with van der Waals surface area (Å²) in [6, 6.07) is -0.410. The number of nitrogens with two attached hydrogens (primary N) is 1. The van der Waals surface area contributed by atoms with E-state index in [1.165, 1.54) is 0 Å². The Morgan fingerprint density at radius 3 is 2.59 bits per heavy atom. The van der Waals surface area contributed by atoms with Crippen LogP contribution in [0.1, 0.15) is 46.0 Å². The van der Waals surface area contributed by atoms with Crippen molar-refractivity contribution in [1.82, 2.24) is 5.32 Å². The van der Waals surface area contributed by atoms with Crippen LogP contribution >= 0.6 is 0 Å². The first-order chi connectivity index (χ1) is 8.04. The van der Waals surface area contributed by atoms with E-state index in [1.54, 1.807) is 0 Å². The molecule has 4 nitrogen and oxygen atoms in total. The predicted molar refractivity (Wildman–Crippen MR) is 67.4 cm³/mol. The molecule has 0 aliphatic heterocycles. The monoisotopic (exact) mass is 240 g/mol. The lowest BCUT2D eigenvalue weighted by Crippen LogP contribution is -2.47. The van der Waals surface area contributed by atoms with Crippen molar-refractivity contribution in [2.75, 3.05) is 0 Å². The second-order valence-corrected chi connectivity index (χ2v) is 5.44. The van der Waals surface area contributed by atoms with E-state index in [9.17, 15) is 9.59 Å². The van der Waals surface area contributed by atoms with Gasteiger partial charge in [0.15, 0.2) is 0 Å². The van der Waals surface area contributed by atoms with Crippen molar-refractivity contribution in [2.45, 2.75) is 58.0 Å². The average Bonchev–Trinajstić information content (AvgIpc) is 2.27. The van der Waals surface area contributed by atoms with Crippen molar-refractivity contribution in [1.29, 1.82) is 0 Å². The molecule has 1 amide bonds. The molecule has 0 aromatic rings. The third kappa shape index (κ3) is 4.46. The molecule has 0 unspecified atom stereocenters. The molecule has 1 saturated carbocycles. The standard InChI is InChI=1S/C13H24N2O2/c1-9(2)7-10(8-16)15-13(17)11-5-3-4-6-12(11)14/h8-12H,3-7,14H2,1-2H3,(H,15,17)/t10-,11+,12-/m0/s1. The van der Waals surface area contributed by atoms with Gasteiger partial charge in [0.05, 0.1) is 12.0 Å². The Balaban J connectivity index is 2.48. The summed E-state index contributed by atoms with van der Waals surface area (Å²) >= 11 is 0. The molecule has 0 aromatic heterocycles. The van der Waals surface area contributed by atoms with Crippen LogP contribution in [-0.4, -0.2) is 24.3 Å². The van der Waals surface area contributed by atoms with Crippen LogP contribution in [0.25, 0.3) is 0 Å². The van der Waals surface area contributed by atoms with Gasteiger partial charge in [-0.1, -0.05) is 26.7 Å². The minimum Gasteiger partial charge on any atom is -0.346 e. The molecule has 0 aromatic carbocycles. The molecule has 0 radical (unpaired) electrons. The highest BCUT2D eigenvalue weighted by atomic mass is 16.2. The summed E-state index contributed by atoms with van der Waals surface area (Å²) in [7, 11) is 0. The molecule has 4 heteroatoms. The summed E-state index contributed by atoms with van der Waals surface area (Å²) in [6.07, 6.45) is 5.44. The zero-order chi connectivity index (χ0) is 12.8. The van der Waals surface area contributed by atoms with Gasteiger partial charge in [-0.2, -0.15) is 0 Å². The fourth-order valence-corrected chi connectivity index (χ4v) is 2.43. The van der Waals surface area contributed by atoms with Crippen LogP contribution in [0.15, 0.2) is 0 Å². The maximum Gasteiger partial charge on any atom is 0.225 e. The molecule has 1 aliphatic carbocycles. The topological polar surface area (TPSA) is 72.2 Å². The number of carbonyl (C=O) groups is 2. The number of rotatable bonds is 5. The first kappa shape index (κ1) is 14.2. The van der Waals surface area contributed by atoms with Crippen LogP contribution < -0.4 is 11.1 Å². The molecule has 0 bridgehead atoms. The zero-order valence-corrected chi connectivity index (χ0v) is 10.8. The highest BCUT2D eigenvalue weighted by Gasteiger charge is 2.29. The van der Waals surface area contributed by atoms with E-state index in [1.807, 2.05) is 13.8 Å². The third-order valence-electron chi connectivity index (χ3n) is 3.37. The molecule has 1 fully saturated rings. The average molecular weight is 240 g/mol. The van der Waals surface area contributed by atoms with Crippen molar-refractivity contribution in [3.63, 3.8) is 0 Å². The second kappa shape index (κ2) is 6.74. The Morgan fingerprint density at radius 1 is 1.41 bits per heavy atom. The SMILES string of the molecule is CC(C)C[C@@H](C=O)NC(=O)[C@@H]1CCCC[C@@H]1N. The second-order valence-electron chi connectivity index (χ2n) is 5.44. The fraction of sp³-hybridized carbons (Fsp3) is 0.846. The summed E-state index contributed by atoms with van der Waals surface area (Å²) in [5.74, 6) is 0.235. The van der Waals surface area contributed by atoms with Gasteiger partial charge in [0.1, 0.15) is 6.29 Å². The van der Waals surface area contributed by atoms with Crippen LogP contribution in [0.2, 0.25) is 0 Å². The molecule has 0 heterocycles. The van der Waals surface area contributed by atoms with Crippen LogP contribution in [0.4, 0.5) is 0 Å². The Kier molecular flexibility index (Phi) is 5.62. The number of hydrogen-bond donors (Lipinski definition) is 2. The number of nitrogens with one attached hydrogen (secondary N) is 1. The summed E-state index contributed by atoms with van der Waals surface area (Å²) in [5.41, 5.74) is 5.95. The van der Waals surface area contributed by atoms with E-state index in [0.717, 1.165) is 32.0 Å². The summed E-state index contributed by atoms with van der Waals surface area (Å²) in [6.45, 7) is 4.07. The number of amides is 1. The molecule has 0 saturated heterocycles. The van der Waals surface area contributed by atoms with Gasteiger partial charge in [-0.05, 0) is 25.2 Å². The van der Waals surface area contributed by atoms with Gasteiger partial charge >= 0.3 is 0 Å². The molecule has 0 spiro atoms. The zero-order valence-electron chi connectivity index (χ0n) is 10.8. The molecular formula is C13H24N2O2. The van der Waals surface area contributed by atoms with Gasteiger partial charge in [0.25, 0.3) is 0 Å². The van der Waals surface area contributed by atoms with E-state index in [4.69, 9.17) is 5.73 Å². The van der Waals surface area contributed by atoms with E-state index in [-0.39, 0.29) is 23.9 Å². The minimum absolute atomic E-state index is 0.0462. The van der Waals surface area contributed by atoms with Crippen LogP contribution in [0.3, 0.4) is 0 Å². The lowest BCUT2D eigenvalue weighted by molar-refractivity contribution is -0.129. The normalized spacial score (nSPS) is 26.6. The third-order valence-corrected chi connectivity index (χ3v) is 3.37. The maximum absolute atomic E-state index is 12.0. The highest BCUT2D eigenvalue weighted by Crippen LogP contribution is 2.23. The lowest BCUT2D eigenvalue weighted by atomic mass is 9.84. The van der Waals surface area contributed by atoms with E-state index in [2.05, 4.69) is 5.32 Å². The number of aldehydes is 1. The molecule has 3 N–H and O–H groups in total. The molecule has 1 rings (SSSR count). The van der Waals surface area contributed by atoms with E-state index < -0.39 is 0 Å². The number of carbonyl (C=O) groups excluding carboxylic acids is 2. The van der Waals surface area contributed by atoms with Crippen molar-refractivity contribution in [2.24, 2.45) is 17.6 Å². The van der Waals surface area contributed by atoms with Gasteiger partial charge in [-0.3, -0.25) is 4.79 Å². The molecule has 17 heavy (non-hydrogen) atoms. The minimum atomic E-state index is -0.364. The van der Waals surface area contributed by atoms with Crippen LogP contribution in [0.5, 0.6) is 0 Å². The predicted octanol–water partition coefficient (Wildman–Crippen LogP) is 1.23. The Morgan fingerprint density at radius 2 is 2.06 bits per heavy atom. The van der Waals surface area contributed by atoms with Gasteiger partial charge in [-0.25, -0.2) is 0 Å². The van der Waals surface area contributed by atoms with E-state index in [0.29, 0.717) is 12.3 Å². The molecule has 98 valence electrons. The molecule has 3 atom stereocenters. The fourth-order valence-electron chi connectivity index (χ4n) is 2.43. The largest absolute Gasteiger partial charge is 0.346 e. The Bertz CT molecular complexity index is 266. The van der Waals surface area contributed by atoms with Crippen molar-refractivity contribution in [3.8, 4) is 0 Å². The lowest BCUT2D eigenvalue weighted by Gasteiger charge is -2.28. The van der Waals surface area contributed by atoms with Crippen molar-refractivity contribution in [3.05, 3.63) is 0 Å². The van der Waals surface area contributed by atoms with Crippen LogP contribution in [-0.2, 0) is 9.59 Å². The van der Waals surface area contributed by atoms with Gasteiger partial charge in [-0.15, -0.1) is 0 Å². The Hall–Kier alpha value is -0.900.